The lowest BCUT2D eigenvalue weighted by molar-refractivity contribution is -0.0408. The number of carbonyl (C=O) groups is 1. The van der Waals surface area contributed by atoms with Gasteiger partial charge in [-0.1, -0.05) is 27.7 Å². The highest BCUT2D eigenvalue weighted by Gasteiger charge is 2.37. The predicted molar refractivity (Wildman–Crippen MR) is 126 cm³/mol. The van der Waals surface area contributed by atoms with Gasteiger partial charge >= 0.3 is 6.09 Å². The number of piperazine rings is 1. The molecule has 1 saturated heterocycles. The first kappa shape index (κ1) is 25.3. The molecule has 1 atom stereocenters. The van der Waals surface area contributed by atoms with Crippen LogP contribution in [0.1, 0.15) is 69.8 Å². The summed E-state index contributed by atoms with van der Waals surface area (Å²) in [5.41, 5.74) is 3.44. The van der Waals surface area contributed by atoms with Crippen molar-refractivity contribution >= 4 is 11.9 Å². The van der Waals surface area contributed by atoms with Gasteiger partial charge in [-0.15, -0.1) is 0 Å². The summed E-state index contributed by atoms with van der Waals surface area (Å²) in [5.74, 6) is 1.17. The number of nitriles is 1. The number of nitrogens with zero attached hydrogens (tertiary/aromatic N) is 4. The molecule has 1 aromatic heterocycles. The first-order chi connectivity index (χ1) is 15.6. The van der Waals surface area contributed by atoms with Crippen molar-refractivity contribution in [1.29, 1.82) is 5.26 Å². The van der Waals surface area contributed by atoms with Crippen LogP contribution in [-0.2, 0) is 27.2 Å². The number of fused-ring (bicyclic) bond motifs is 1. The third-order valence-corrected chi connectivity index (χ3v) is 6.53. The lowest BCUT2D eigenvalue weighted by Crippen LogP contribution is -2.57. The molecule has 2 aliphatic heterocycles. The summed E-state index contributed by atoms with van der Waals surface area (Å²) in [6.07, 6.45) is 0.367. The monoisotopic (exact) mass is 458 g/mol. The van der Waals surface area contributed by atoms with Gasteiger partial charge in [-0.3, -0.25) is 0 Å². The van der Waals surface area contributed by atoms with Crippen LogP contribution in [-0.4, -0.2) is 67.6 Å². The van der Waals surface area contributed by atoms with E-state index in [0.717, 1.165) is 22.6 Å². The van der Waals surface area contributed by atoms with E-state index < -0.39 is 0 Å². The Labute approximate surface area is 197 Å². The quantitative estimate of drug-likeness (QED) is 0.598. The molecule has 3 heterocycles. The van der Waals surface area contributed by atoms with E-state index in [0.29, 0.717) is 44.8 Å². The lowest BCUT2D eigenvalue weighted by atomic mass is 9.86. The van der Waals surface area contributed by atoms with Crippen LogP contribution in [0.2, 0.25) is 0 Å². The zero-order valence-electron chi connectivity index (χ0n) is 21.1. The molecule has 1 fully saturated rings. The maximum atomic E-state index is 12.7. The molecular weight excluding hydrogens is 420 g/mol. The van der Waals surface area contributed by atoms with Crippen molar-refractivity contribution in [3.05, 3.63) is 22.4 Å². The number of hydrogen-bond acceptors (Lipinski definition) is 7. The summed E-state index contributed by atoms with van der Waals surface area (Å²) in [5, 5.41) is 10.2. The number of hydrogen-bond donors (Lipinski definition) is 0. The molecule has 1 amide bonds. The Kier molecular flexibility index (Phi) is 7.86. The van der Waals surface area contributed by atoms with E-state index in [-0.39, 0.29) is 36.2 Å². The van der Waals surface area contributed by atoms with Gasteiger partial charge in [-0.25, -0.2) is 9.78 Å². The van der Waals surface area contributed by atoms with Crippen molar-refractivity contribution in [2.24, 2.45) is 5.92 Å². The Morgan fingerprint density at radius 3 is 2.58 bits per heavy atom. The predicted octanol–water partition coefficient (Wildman–Crippen LogP) is 3.86. The van der Waals surface area contributed by atoms with E-state index in [4.69, 9.17) is 19.2 Å². The van der Waals surface area contributed by atoms with E-state index >= 15 is 0 Å². The molecule has 0 N–H and O–H groups in total. The van der Waals surface area contributed by atoms with Gasteiger partial charge in [0, 0.05) is 38.7 Å². The van der Waals surface area contributed by atoms with Gasteiger partial charge in [0.2, 0.25) is 0 Å². The van der Waals surface area contributed by atoms with Gasteiger partial charge in [-0.05, 0) is 31.2 Å². The number of aromatic nitrogens is 1. The normalized spacial score (nSPS) is 20.1. The third kappa shape index (κ3) is 5.42. The van der Waals surface area contributed by atoms with E-state index in [1.807, 2.05) is 4.90 Å². The molecule has 2 aliphatic rings. The van der Waals surface area contributed by atoms with Crippen molar-refractivity contribution in [1.82, 2.24) is 9.88 Å². The minimum Gasteiger partial charge on any atom is -0.447 e. The molecule has 1 aromatic rings. The maximum absolute atomic E-state index is 12.7. The fourth-order valence-electron chi connectivity index (χ4n) is 4.70. The largest absolute Gasteiger partial charge is 0.447 e. The first-order valence-electron chi connectivity index (χ1n) is 11.9. The number of anilines is 1. The zero-order valence-corrected chi connectivity index (χ0v) is 21.1. The van der Waals surface area contributed by atoms with Crippen LogP contribution in [0.4, 0.5) is 10.6 Å². The second-order valence-corrected chi connectivity index (χ2v) is 10.2. The summed E-state index contributed by atoms with van der Waals surface area (Å²) in [6, 6.07) is 2.42. The molecule has 0 saturated carbocycles. The number of methoxy groups -OCH3 is 1. The molecule has 0 bridgehead atoms. The summed E-state index contributed by atoms with van der Waals surface area (Å²) in [4.78, 5) is 21.7. The number of amides is 1. The SMILES string of the molecule is COCCOC(=O)N1CCN(c2nc(C(C)C)c3c(c2C#N)CC(C)(C)OC3)CC1C(C)C. The molecule has 1 unspecified atom stereocenters. The second kappa shape index (κ2) is 10.3. The van der Waals surface area contributed by atoms with Gasteiger partial charge in [0.25, 0.3) is 0 Å². The van der Waals surface area contributed by atoms with Crippen molar-refractivity contribution in [2.75, 3.05) is 44.9 Å². The standard InChI is InChI=1S/C25H38N4O4/c1-16(2)21-14-28(8-9-29(21)24(30)32-11-10-31-7)23-19(13-26)18-12-25(5,6)33-15-20(18)22(27-23)17(3)4/h16-17,21H,8-12,14-15H2,1-7H3. The molecule has 0 aromatic carbocycles. The van der Waals surface area contributed by atoms with E-state index in [9.17, 15) is 10.1 Å². The molecule has 8 nitrogen and oxygen atoms in total. The molecule has 182 valence electrons. The Morgan fingerprint density at radius 1 is 1.24 bits per heavy atom. The number of ether oxygens (including phenoxy) is 3. The summed E-state index contributed by atoms with van der Waals surface area (Å²) < 4.78 is 16.5. The molecule has 0 radical (unpaired) electrons. The van der Waals surface area contributed by atoms with Crippen LogP contribution in [0.3, 0.4) is 0 Å². The van der Waals surface area contributed by atoms with Crippen molar-refractivity contribution in [3.8, 4) is 6.07 Å². The second-order valence-electron chi connectivity index (χ2n) is 10.2. The highest BCUT2D eigenvalue weighted by molar-refractivity contribution is 5.69. The minimum atomic E-state index is -0.323. The average molecular weight is 459 g/mol. The molecule has 0 spiro atoms. The maximum Gasteiger partial charge on any atom is 0.410 e. The van der Waals surface area contributed by atoms with Gasteiger partial charge in [-0.2, -0.15) is 5.26 Å². The fraction of sp³-hybridized carbons (Fsp3) is 0.720. The van der Waals surface area contributed by atoms with Crippen LogP contribution < -0.4 is 4.90 Å². The Balaban J connectivity index is 1.95. The van der Waals surface area contributed by atoms with Gasteiger partial charge in [0.15, 0.2) is 0 Å². The molecule has 33 heavy (non-hydrogen) atoms. The van der Waals surface area contributed by atoms with Crippen LogP contribution >= 0.6 is 0 Å². The van der Waals surface area contributed by atoms with Crippen LogP contribution in [0.5, 0.6) is 0 Å². The van der Waals surface area contributed by atoms with Crippen LogP contribution in [0.25, 0.3) is 0 Å². The summed E-state index contributed by atoms with van der Waals surface area (Å²) in [7, 11) is 1.58. The van der Waals surface area contributed by atoms with Gasteiger partial charge in [0.05, 0.1) is 36.1 Å². The first-order valence-corrected chi connectivity index (χ1v) is 11.9. The smallest absolute Gasteiger partial charge is 0.410 e. The molecule has 3 rings (SSSR count). The summed E-state index contributed by atoms with van der Waals surface area (Å²) >= 11 is 0. The number of carbonyl (C=O) groups excluding carboxylic acids is 1. The Morgan fingerprint density at radius 2 is 1.97 bits per heavy atom. The molecular formula is C25H38N4O4. The van der Waals surface area contributed by atoms with E-state index in [1.165, 1.54) is 0 Å². The zero-order chi connectivity index (χ0) is 24.3. The van der Waals surface area contributed by atoms with Crippen molar-refractivity contribution < 1.29 is 19.0 Å². The third-order valence-electron chi connectivity index (χ3n) is 6.53. The fourth-order valence-corrected chi connectivity index (χ4v) is 4.70. The van der Waals surface area contributed by atoms with E-state index in [2.05, 4.69) is 52.5 Å². The van der Waals surface area contributed by atoms with Gasteiger partial charge in [0.1, 0.15) is 18.5 Å². The van der Waals surface area contributed by atoms with Crippen LogP contribution in [0, 0.1) is 17.2 Å². The number of pyridine rings is 1. The highest BCUT2D eigenvalue weighted by atomic mass is 16.6. The average Bonchev–Trinajstić information content (AvgIpc) is 2.76. The molecule has 0 aliphatic carbocycles. The Hall–Kier alpha value is -2.37. The minimum absolute atomic E-state index is 0.0413. The van der Waals surface area contributed by atoms with Crippen molar-refractivity contribution in [3.63, 3.8) is 0 Å². The van der Waals surface area contributed by atoms with Crippen LogP contribution in [0.15, 0.2) is 0 Å². The summed E-state index contributed by atoms with van der Waals surface area (Å²) in [6.45, 7) is 15.4. The molecule has 8 heteroatoms. The van der Waals surface area contributed by atoms with Crippen molar-refractivity contribution in [2.45, 2.75) is 72.1 Å². The van der Waals surface area contributed by atoms with E-state index in [1.54, 1.807) is 7.11 Å². The Bertz CT molecular complexity index is 907. The lowest BCUT2D eigenvalue weighted by Gasteiger charge is -2.44. The number of rotatable bonds is 6. The highest BCUT2D eigenvalue weighted by Crippen LogP contribution is 2.38. The van der Waals surface area contributed by atoms with Gasteiger partial charge < -0.3 is 24.0 Å². The topological polar surface area (TPSA) is 87.9 Å².